The Balaban J connectivity index is 1.79. The van der Waals surface area contributed by atoms with Crippen molar-refractivity contribution in [1.82, 2.24) is 5.32 Å². The van der Waals surface area contributed by atoms with Crippen molar-refractivity contribution >= 4 is 11.7 Å². The quantitative estimate of drug-likeness (QED) is 0.545. The zero-order chi connectivity index (χ0) is 20.5. The molecule has 0 radical (unpaired) electrons. The number of nitrogens with zero attached hydrogens (tertiary/aromatic N) is 1. The van der Waals surface area contributed by atoms with E-state index >= 15 is 0 Å². The fraction of sp³-hybridized carbons (Fsp3) is 0.409. The molecule has 0 heterocycles. The van der Waals surface area contributed by atoms with Crippen LogP contribution in [0.2, 0.25) is 0 Å². The first-order valence-electron chi connectivity index (χ1n) is 9.56. The third kappa shape index (κ3) is 6.55. The molecule has 152 valence electrons. The normalized spacial score (nSPS) is 13.0. The smallest absolute Gasteiger partial charge is 0.325 e. The maximum absolute atomic E-state index is 11.6. The lowest BCUT2D eigenvalue weighted by Crippen LogP contribution is -2.33. The monoisotopic (exact) mass is 386 g/mol. The van der Waals surface area contributed by atoms with Gasteiger partial charge in [0, 0.05) is 18.8 Å². The molecule has 6 nitrogen and oxygen atoms in total. The van der Waals surface area contributed by atoms with Crippen molar-refractivity contribution in [2.75, 3.05) is 31.6 Å². The summed E-state index contributed by atoms with van der Waals surface area (Å²) in [5.41, 5.74) is 2.90. The van der Waals surface area contributed by atoms with Crippen molar-refractivity contribution in [1.29, 1.82) is 0 Å². The van der Waals surface area contributed by atoms with Crippen LogP contribution in [0.4, 0.5) is 5.69 Å². The van der Waals surface area contributed by atoms with E-state index in [0.717, 1.165) is 24.2 Å². The van der Waals surface area contributed by atoms with E-state index in [2.05, 4.69) is 5.32 Å². The third-order valence-electron chi connectivity index (χ3n) is 4.64. The summed E-state index contributed by atoms with van der Waals surface area (Å²) < 4.78 is 4.97. The first-order valence-corrected chi connectivity index (χ1v) is 9.56. The van der Waals surface area contributed by atoms with E-state index in [4.69, 9.17) is 4.74 Å². The van der Waals surface area contributed by atoms with E-state index in [9.17, 15) is 15.0 Å². The van der Waals surface area contributed by atoms with Gasteiger partial charge in [-0.1, -0.05) is 24.3 Å². The number of nitrogens with one attached hydrogen (secondary N) is 1. The molecule has 0 aliphatic heterocycles. The van der Waals surface area contributed by atoms with Crippen LogP contribution in [0.15, 0.2) is 48.5 Å². The number of aliphatic hydroxyl groups excluding tert-OH is 1. The standard InChI is InChI=1S/C22H30N2O4/c1-4-28-21(26)15-24(3)19-9-5-17(6-10-19)13-14-23-16(2)22(27)18-7-11-20(25)12-8-18/h5-12,16,22-23,25,27H,4,13-15H2,1-3H3/t16-,22+/m0/s1. The highest BCUT2D eigenvalue weighted by molar-refractivity contribution is 5.75. The van der Waals surface area contributed by atoms with Crippen molar-refractivity contribution in [3.63, 3.8) is 0 Å². The summed E-state index contributed by atoms with van der Waals surface area (Å²) in [5.74, 6) is -0.0487. The van der Waals surface area contributed by atoms with Gasteiger partial charge >= 0.3 is 5.97 Å². The van der Waals surface area contributed by atoms with Gasteiger partial charge in [-0.15, -0.1) is 0 Å². The van der Waals surface area contributed by atoms with Crippen molar-refractivity contribution in [2.45, 2.75) is 32.4 Å². The lowest BCUT2D eigenvalue weighted by Gasteiger charge is -2.21. The number of esters is 1. The summed E-state index contributed by atoms with van der Waals surface area (Å²) >= 11 is 0. The van der Waals surface area contributed by atoms with E-state index in [1.54, 1.807) is 31.2 Å². The molecule has 0 amide bonds. The topological polar surface area (TPSA) is 82.0 Å². The van der Waals surface area contributed by atoms with Gasteiger partial charge in [-0.2, -0.15) is 0 Å². The minimum absolute atomic E-state index is 0.112. The van der Waals surface area contributed by atoms with E-state index in [-0.39, 0.29) is 24.3 Å². The Bertz CT molecular complexity index is 731. The highest BCUT2D eigenvalue weighted by Gasteiger charge is 2.15. The van der Waals surface area contributed by atoms with Gasteiger partial charge in [0.1, 0.15) is 12.3 Å². The number of benzene rings is 2. The van der Waals surface area contributed by atoms with E-state index < -0.39 is 6.10 Å². The number of carbonyl (C=O) groups excluding carboxylic acids is 1. The number of phenolic OH excluding ortho intramolecular Hbond substituents is 1. The van der Waals surface area contributed by atoms with Crippen LogP contribution in [0.3, 0.4) is 0 Å². The summed E-state index contributed by atoms with van der Waals surface area (Å²) in [6.45, 7) is 5.07. The summed E-state index contributed by atoms with van der Waals surface area (Å²) in [5, 5.41) is 23.1. The summed E-state index contributed by atoms with van der Waals surface area (Å²) in [6.07, 6.45) is 0.189. The van der Waals surface area contributed by atoms with Gasteiger partial charge in [0.05, 0.1) is 12.7 Å². The number of carbonyl (C=O) groups is 1. The molecule has 0 unspecified atom stereocenters. The molecule has 2 atom stereocenters. The van der Waals surface area contributed by atoms with Gasteiger partial charge in [-0.25, -0.2) is 0 Å². The van der Waals surface area contributed by atoms with E-state index in [1.165, 1.54) is 5.56 Å². The lowest BCUT2D eigenvalue weighted by molar-refractivity contribution is -0.141. The van der Waals surface area contributed by atoms with Crippen molar-refractivity contribution < 1.29 is 19.7 Å². The van der Waals surface area contributed by atoms with Gasteiger partial charge < -0.3 is 25.2 Å². The molecular formula is C22H30N2O4. The number of ether oxygens (including phenoxy) is 1. The number of aliphatic hydroxyl groups is 1. The van der Waals surface area contributed by atoms with Gasteiger partial charge in [0.15, 0.2) is 0 Å². The maximum atomic E-state index is 11.6. The summed E-state index contributed by atoms with van der Waals surface area (Å²) in [6, 6.07) is 14.6. The fourth-order valence-corrected chi connectivity index (χ4v) is 2.92. The molecule has 0 bridgehead atoms. The SMILES string of the molecule is CCOC(=O)CN(C)c1ccc(CCN[C@@H](C)[C@@H](O)c2ccc(O)cc2)cc1. The Morgan fingerprint density at radius 1 is 1.14 bits per heavy atom. The molecule has 0 aliphatic carbocycles. The van der Waals surface area contributed by atoms with Crippen molar-refractivity contribution in [2.24, 2.45) is 0 Å². The minimum atomic E-state index is -0.639. The molecule has 2 aromatic carbocycles. The van der Waals surface area contributed by atoms with E-state index in [1.807, 2.05) is 43.1 Å². The van der Waals surface area contributed by atoms with Gasteiger partial charge in [0.25, 0.3) is 0 Å². The highest BCUT2D eigenvalue weighted by Crippen LogP contribution is 2.19. The molecule has 2 rings (SSSR count). The fourth-order valence-electron chi connectivity index (χ4n) is 2.92. The predicted molar refractivity (Wildman–Crippen MR) is 111 cm³/mol. The lowest BCUT2D eigenvalue weighted by atomic mass is 10.0. The third-order valence-corrected chi connectivity index (χ3v) is 4.64. The maximum Gasteiger partial charge on any atom is 0.325 e. The largest absolute Gasteiger partial charge is 0.508 e. The second kappa shape index (κ2) is 10.7. The van der Waals surface area contributed by atoms with Crippen LogP contribution in [0.1, 0.15) is 31.1 Å². The molecule has 6 heteroatoms. The number of likely N-dealkylation sites (N-methyl/N-ethyl adjacent to an activating group) is 1. The van der Waals surface area contributed by atoms with E-state index in [0.29, 0.717) is 6.61 Å². The molecule has 0 saturated carbocycles. The van der Waals surface area contributed by atoms with Crippen molar-refractivity contribution in [3.05, 3.63) is 59.7 Å². The van der Waals surface area contributed by atoms with Crippen LogP contribution in [0, 0.1) is 0 Å². The van der Waals surface area contributed by atoms with Gasteiger partial charge in [0.2, 0.25) is 0 Å². The number of anilines is 1. The molecule has 2 aromatic rings. The number of phenols is 1. The van der Waals surface area contributed by atoms with Crippen LogP contribution in [0.5, 0.6) is 5.75 Å². The second-order valence-corrected chi connectivity index (χ2v) is 6.86. The van der Waals surface area contributed by atoms with Crippen LogP contribution < -0.4 is 10.2 Å². The molecule has 0 aromatic heterocycles. The zero-order valence-corrected chi connectivity index (χ0v) is 16.8. The average molecular weight is 386 g/mol. The molecule has 3 N–H and O–H groups in total. The Kier molecular flexibility index (Phi) is 8.29. The Hall–Kier alpha value is -2.57. The molecule has 28 heavy (non-hydrogen) atoms. The zero-order valence-electron chi connectivity index (χ0n) is 16.8. The first kappa shape index (κ1) is 21.7. The van der Waals surface area contributed by atoms with Crippen LogP contribution in [-0.4, -0.2) is 49.0 Å². The Labute approximate surface area is 166 Å². The Morgan fingerprint density at radius 3 is 2.39 bits per heavy atom. The molecule has 0 saturated heterocycles. The number of aromatic hydroxyl groups is 1. The minimum Gasteiger partial charge on any atom is -0.508 e. The summed E-state index contributed by atoms with van der Waals surface area (Å²) in [7, 11) is 1.86. The Morgan fingerprint density at radius 2 is 1.79 bits per heavy atom. The summed E-state index contributed by atoms with van der Waals surface area (Å²) in [4.78, 5) is 13.4. The number of hydrogen-bond acceptors (Lipinski definition) is 6. The second-order valence-electron chi connectivity index (χ2n) is 6.86. The molecule has 0 spiro atoms. The average Bonchev–Trinajstić information content (AvgIpc) is 2.68. The van der Waals surface area contributed by atoms with Gasteiger partial charge in [-0.05, 0) is 62.2 Å². The van der Waals surface area contributed by atoms with Crippen LogP contribution in [0.25, 0.3) is 0 Å². The first-order chi connectivity index (χ1) is 13.4. The van der Waals surface area contributed by atoms with Crippen LogP contribution in [-0.2, 0) is 16.0 Å². The number of rotatable bonds is 10. The number of hydrogen-bond donors (Lipinski definition) is 3. The van der Waals surface area contributed by atoms with Gasteiger partial charge in [-0.3, -0.25) is 4.79 Å². The molecule has 0 fully saturated rings. The van der Waals surface area contributed by atoms with Crippen molar-refractivity contribution in [3.8, 4) is 5.75 Å². The highest BCUT2D eigenvalue weighted by atomic mass is 16.5. The predicted octanol–water partition coefficient (Wildman–Crippen LogP) is 2.65. The van der Waals surface area contributed by atoms with Crippen LogP contribution >= 0.6 is 0 Å². The molecule has 0 aliphatic rings. The molecular weight excluding hydrogens is 356 g/mol.